The van der Waals surface area contributed by atoms with E-state index in [2.05, 4.69) is 55.4 Å². The SMILES string of the molecule is CCC(CCCCCCCCCCC(=O)OCCCC(C)C)CCC(=O)OCCCC(C)C.CCCCCCOC(=O)CCCCCCCCCCC(CC)CCC(=O)OCCCCCC. The third kappa shape index (κ3) is 52.8. The predicted molar refractivity (Wildman–Crippen MR) is 279 cm³/mol. The van der Waals surface area contributed by atoms with Crippen LogP contribution in [0.5, 0.6) is 0 Å². The zero-order valence-electron chi connectivity index (χ0n) is 45.3. The van der Waals surface area contributed by atoms with E-state index in [9.17, 15) is 19.2 Å². The maximum atomic E-state index is 11.9. The first-order valence-corrected chi connectivity index (χ1v) is 28.6. The molecule has 0 aromatic rings. The van der Waals surface area contributed by atoms with Gasteiger partial charge in [-0.05, 0) is 87.9 Å². The van der Waals surface area contributed by atoms with Crippen molar-refractivity contribution in [3.05, 3.63) is 0 Å². The van der Waals surface area contributed by atoms with Crippen molar-refractivity contribution >= 4 is 23.9 Å². The van der Waals surface area contributed by atoms with Gasteiger partial charge in [-0.25, -0.2) is 0 Å². The van der Waals surface area contributed by atoms with Crippen LogP contribution in [0.2, 0.25) is 0 Å². The second-order valence-electron chi connectivity index (χ2n) is 20.4. The molecule has 392 valence electrons. The zero-order valence-corrected chi connectivity index (χ0v) is 45.3. The first kappa shape index (κ1) is 66.0. The van der Waals surface area contributed by atoms with Crippen LogP contribution in [0.3, 0.4) is 0 Å². The number of carbonyl (C=O) groups is 4. The molecular formula is C58H112O8. The van der Waals surface area contributed by atoms with Crippen molar-refractivity contribution in [3.63, 3.8) is 0 Å². The lowest BCUT2D eigenvalue weighted by atomic mass is 9.93. The van der Waals surface area contributed by atoms with Crippen molar-refractivity contribution < 1.29 is 38.1 Å². The van der Waals surface area contributed by atoms with E-state index in [0.717, 1.165) is 103 Å². The number of unbranched alkanes of at least 4 members (excludes halogenated alkanes) is 20. The summed E-state index contributed by atoms with van der Waals surface area (Å²) >= 11 is 0. The molecule has 0 aromatic heterocycles. The van der Waals surface area contributed by atoms with E-state index >= 15 is 0 Å². The van der Waals surface area contributed by atoms with Gasteiger partial charge in [-0.1, -0.05) is 209 Å². The fraction of sp³-hybridized carbons (Fsp3) is 0.931. The Morgan fingerprint density at radius 2 is 0.561 bits per heavy atom. The molecule has 0 saturated carbocycles. The van der Waals surface area contributed by atoms with Crippen LogP contribution in [0.25, 0.3) is 0 Å². The molecule has 0 aromatic carbocycles. The Kier molecular flexibility index (Phi) is 52.2. The molecule has 0 aliphatic carbocycles. The van der Waals surface area contributed by atoms with Crippen LogP contribution >= 0.6 is 0 Å². The summed E-state index contributed by atoms with van der Waals surface area (Å²) in [6.45, 7) is 20.0. The van der Waals surface area contributed by atoms with Crippen LogP contribution < -0.4 is 0 Å². The lowest BCUT2D eigenvalue weighted by Gasteiger charge is -2.14. The molecule has 0 aliphatic rings. The Morgan fingerprint density at radius 3 is 0.864 bits per heavy atom. The number of hydrogen-bond acceptors (Lipinski definition) is 8. The van der Waals surface area contributed by atoms with Gasteiger partial charge in [0, 0.05) is 25.7 Å². The quantitative estimate of drug-likeness (QED) is 0.0337. The summed E-state index contributed by atoms with van der Waals surface area (Å²) in [6.07, 6.45) is 41.9. The normalized spacial score (nSPS) is 12.2. The van der Waals surface area contributed by atoms with Gasteiger partial charge in [0.25, 0.3) is 0 Å². The molecule has 0 spiro atoms. The molecule has 0 bridgehead atoms. The number of ether oxygens (including phenoxy) is 4. The Hall–Kier alpha value is -2.12. The fourth-order valence-electron chi connectivity index (χ4n) is 8.35. The molecule has 2 atom stereocenters. The number of rotatable bonds is 48. The molecule has 0 heterocycles. The van der Waals surface area contributed by atoms with Crippen LogP contribution in [0.15, 0.2) is 0 Å². The van der Waals surface area contributed by atoms with E-state index in [1.807, 2.05) is 0 Å². The van der Waals surface area contributed by atoms with Crippen LogP contribution in [-0.4, -0.2) is 50.3 Å². The lowest BCUT2D eigenvalue weighted by molar-refractivity contribution is -0.145. The van der Waals surface area contributed by atoms with E-state index < -0.39 is 0 Å². The van der Waals surface area contributed by atoms with Crippen LogP contribution in [0.4, 0.5) is 0 Å². The lowest BCUT2D eigenvalue weighted by Crippen LogP contribution is -2.09. The molecule has 0 aliphatic heterocycles. The summed E-state index contributed by atoms with van der Waals surface area (Å²) in [5.74, 6) is 2.59. The largest absolute Gasteiger partial charge is 0.466 e. The highest BCUT2D eigenvalue weighted by Gasteiger charge is 2.12. The molecule has 0 N–H and O–H groups in total. The Morgan fingerprint density at radius 1 is 0.288 bits per heavy atom. The Balaban J connectivity index is 0. The van der Waals surface area contributed by atoms with Crippen LogP contribution in [-0.2, 0) is 38.1 Å². The second-order valence-corrected chi connectivity index (χ2v) is 20.4. The molecule has 8 nitrogen and oxygen atoms in total. The third-order valence-electron chi connectivity index (χ3n) is 13.1. The fourth-order valence-corrected chi connectivity index (χ4v) is 8.35. The molecule has 66 heavy (non-hydrogen) atoms. The number of esters is 4. The maximum Gasteiger partial charge on any atom is 0.305 e. The van der Waals surface area contributed by atoms with E-state index in [1.54, 1.807) is 0 Å². The molecule has 0 rings (SSSR count). The topological polar surface area (TPSA) is 105 Å². The minimum atomic E-state index is -0.0244. The smallest absolute Gasteiger partial charge is 0.305 e. The minimum Gasteiger partial charge on any atom is -0.466 e. The van der Waals surface area contributed by atoms with E-state index in [-0.39, 0.29) is 23.9 Å². The molecule has 0 radical (unpaired) electrons. The van der Waals surface area contributed by atoms with E-state index in [0.29, 0.717) is 75.8 Å². The number of carbonyl (C=O) groups excluding carboxylic acids is 4. The molecular weight excluding hydrogens is 825 g/mol. The molecule has 8 heteroatoms. The first-order chi connectivity index (χ1) is 32.0. The van der Waals surface area contributed by atoms with E-state index in [1.165, 1.54) is 116 Å². The van der Waals surface area contributed by atoms with E-state index in [4.69, 9.17) is 18.9 Å². The number of hydrogen-bond donors (Lipinski definition) is 0. The average Bonchev–Trinajstić information content (AvgIpc) is 3.29. The van der Waals surface area contributed by atoms with Gasteiger partial charge in [-0.3, -0.25) is 19.2 Å². The minimum absolute atomic E-state index is 0.00909. The highest BCUT2D eigenvalue weighted by Crippen LogP contribution is 2.22. The summed E-state index contributed by atoms with van der Waals surface area (Å²) in [5, 5.41) is 0. The first-order valence-electron chi connectivity index (χ1n) is 28.6. The standard InChI is InChI=1S/2C29H56O4/c1-6-27(21-22-29(31)33-24-16-18-26(4)5)19-13-11-9-7-8-10-12-14-20-28(30)32-23-15-17-25(2)3;1-4-7-9-19-25-32-28(30)22-18-16-14-12-11-13-15-17-21-27(6-3)23-24-29(31)33-26-20-10-8-5-2/h25-27H,6-24H2,1-5H3;27H,4-26H2,1-3H3. The van der Waals surface area contributed by atoms with Gasteiger partial charge >= 0.3 is 23.9 Å². The van der Waals surface area contributed by atoms with Crippen molar-refractivity contribution in [1.29, 1.82) is 0 Å². The molecule has 0 saturated heterocycles. The summed E-state index contributed by atoms with van der Waals surface area (Å²) in [4.78, 5) is 47.2. The molecule has 0 amide bonds. The van der Waals surface area contributed by atoms with Gasteiger partial charge < -0.3 is 18.9 Å². The summed E-state index contributed by atoms with van der Waals surface area (Å²) in [5.41, 5.74) is 0. The third-order valence-corrected chi connectivity index (χ3v) is 13.1. The van der Waals surface area contributed by atoms with Gasteiger partial charge in [-0.2, -0.15) is 0 Å². The van der Waals surface area contributed by atoms with Gasteiger partial charge in [-0.15, -0.1) is 0 Å². The summed E-state index contributed by atoms with van der Waals surface area (Å²) in [6, 6.07) is 0. The molecule has 0 fully saturated rings. The van der Waals surface area contributed by atoms with Crippen molar-refractivity contribution in [1.82, 2.24) is 0 Å². The van der Waals surface area contributed by atoms with Crippen molar-refractivity contribution in [2.75, 3.05) is 26.4 Å². The molecule has 2 unspecified atom stereocenters. The van der Waals surface area contributed by atoms with Crippen molar-refractivity contribution in [3.8, 4) is 0 Å². The summed E-state index contributed by atoms with van der Waals surface area (Å²) in [7, 11) is 0. The van der Waals surface area contributed by atoms with Gasteiger partial charge in [0.05, 0.1) is 26.4 Å². The monoisotopic (exact) mass is 937 g/mol. The Bertz CT molecular complexity index is 1060. The van der Waals surface area contributed by atoms with Crippen LogP contribution in [0, 0.1) is 23.7 Å². The predicted octanol–water partition coefficient (Wildman–Crippen LogP) is 17.6. The van der Waals surface area contributed by atoms with Gasteiger partial charge in [0.15, 0.2) is 0 Å². The van der Waals surface area contributed by atoms with Crippen molar-refractivity contribution in [2.45, 2.75) is 299 Å². The van der Waals surface area contributed by atoms with Crippen LogP contribution in [0.1, 0.15) is 299 Å². The van der Waals surface area contributed by atoms with Gasteiger partial charge in [0.2, 0.25) is 0 Å². The maximum absolute atomic E-state index is 11.9. The average molecular weight is 938 g/mol. The highest BCUT2D eigenvalue weighted by atomic mass is 16.5. The van der Waals surface area contributed by atoms with Crippen molar-refractivity contribution in [2.24, 2.45) is 23.7 Å². The zero-order chi connectivity index (χ0) is 49.1. The highest BCUT2D eigenvalue weighted by molar-refractivity contribution is 5.70. The van der Waals surface area contributed by atoms with Gasteiger partial charge in [0.1, 0.15) is 0 Å². The summed E-state index contributed by atoms with van der Waals surface area (Å²) < 4.78 is 21.3. The Labute approximate surface area is 410 Å². The second kappa shape index (κ2) is 52.3.